The molecular formula is C21H25N3O3. The third-order valence-electron chi connectivity index (χ3n) is 6.00. The number of likely N-dealkylation sites (tertiary alicyclic amines) is 1. The predicted molar refractivity (Wildman–Crippen MR) is 104 cm³/mol. The van der Waals surface area contributed by atoms with Gasteiger partial charge < -0.3 is 14.9 Å². The van der Waals surface area contributed by atoms with Gasteiger partial charge in [0.25, 0.3) is 5.91 Å². The van der Waals surface area contributed by atoms with Crippen LogP contribution in [-0.4, -0.2) is 53.0 Å². The summed E-state index contributed by atoms with van der Waals surface area (Å²) in [6.45, 7) is 0. The van der Waals surface area contributed by atoms with E-state index in [2.05, 4.69) is 4.98 Å². The zero-order valence-electron chi connectivity index (χ0n) is 15.8. The molecule has 1 aliphatic carbocycles. The van der Waals surface area contributed by atoms with E-state index >= 15 is 0 Å². The van der Waals surface area contributed by atoms with E-state index < -0.39 is 12.0 Å². The lowest BCUT2D eigenvalue weighted by Crippen LogP contribution is -2.46. The molecule has 1 aromatic carbocycles. The maximum Gasteiger partial charge on any atom is 0.326 e. The number of hydrogen-bond acceptors (Lipinski definition) is 4. The summed E-state index contributed by atoms with van der Waals surface area (Å²) in [4.78, 5) is 33.7. The highest BCUT2D eigenvalue weighted by Gasteiger charge is 2.47. The molecule has 2 fully saturated rings. The first-order valence-electron chi connectivity index (χ1n) is 9.60. The highest BCUT2D eigenvalue weighted by molar-refractivity contribution is 6.08. The molecule has 4 rings (SSSR count). The number of anilines is 1. The lowest BCUT2D eigenvalue weighted by molar-refractivity contribution is -0.141. The number of amides is 1. The Morgan fingerprint density at radius 2 is 1.93 bits per heavy atom. The van der Waals surface area contributed by atoms with E-state index in [0.717, 1.165) is 36.6 Å². The standard InChI is InChI=1S/C21H25N3O3/c1-23(2)19-12-15(14-8-4-5-9-16(14)22-19)20(25)24-17-10-6-3-7-13(17)11-18(24)21(26)27/h4-5,8-9,12-13,17-18H,3,6-7,10-11H2,1-2H3,(H,26,27). The lowest BCUT2D eigenvalue weighted by Gasteiger charge is -2.33. The summed E-state index contributed by atoms with van der Waals surface area (Å²) >= 11 is 0. The molecule has 0 spiro atoms. The number of aliphatic carboxylic acids is 1. The zero-order valence-corrected chi connectivity index (χ0v) is 15.8. The third kappa shape index (κ3) is 3.03. The van der Waals surface area contributed by atoms with Crippen molar-refractivity contribution in [3.05, 3.63) is 35.9 Å². The number of carboxylic acid groups (broad SMARTS) is 1. The summed E-state index contributed by atoms with van der Waals surface area (Å²) in [6, 6.07) is 8.65. The second kappa shape index (κ2) is 6.83. The summed E-state index contributed by atoms with van der Waals surface area (Å²) in [5, 5.41) is 10.5. The number of para-hydroxylation sites is 1. The molecule has 1 aliphatic heterocycles. The molecule has 1 amide bonds. The molecule has 2 aromatic rings. The van der Waals surface area contributed by atoms with E-state index in [9.17, 15) is 14.7 Å². The first-order valence-corrected chi connectivity index (χ1v) is 9.60. The van der Waals surface area contributed by atoms with Gasteiger partial charge in [-0.05, 0) is 37.3 Å². The Balaban J connectivity index is 1.82. The predicted octanol–water partition coefficient (Wildman–Crippen LogP) is 3.16. The van der Waals surface area contributed by atoms with E-state index in [-0.39, 0.29) is 11.9 Å². The molecule has 1 aromatic heterocycles. The van der Waals surface area contributed by atoms with Crippen molar-refractivity contribution in [3.63, 3.8) is 0 Å². The molecule has 0 radical (unpaired) electrons. The van der Waals surface area contributed by atoms with Crippen LogP contribution >= 0.6 is 0 Å². The Labute approximate surface area is 158 Å². The Morgan fingerprint density at radius 3 is 2.67 bits per heavy atom. The quantitative estimate of drug-likeness (QED) is 0.902. The molecule has 1 saturated carbocycles. The molecule has 2 aliphatic rings. The molecule has 27 heavy (non-hydrogen) atoms. The topological polar surface area (TPSA) is 73.7 Å². The van der Waals surface area contributed by atoms with Gasteiger partial charge in [-0.1, -0.05) is 31.0 Å². The van der Waals surface area contributed by atoms with Crippen LogP contribution in [0.3, 0.4) is 0 Å². The smallest absolute Gasteiger partial charge is 0.326 e. The van der Waals surface area contributed by atoms with Gasteiger partial charge in [-0.25, -0.2) is 9.78 Å². The van der Waals surface area contributed by atoms with Gasteiger partial charge in [0.1, 0.15) is 11.9 Å². The van der Waals surface area contributed by atoms with Crippen molar-refractivity contribution in [1.82, 2.24) is 9.88 Å². The molecule has 6 heteroatoms. The van der Waals surface area contributed by atoms with Gasteiger partial charge in [0, 0.05) is 25.5 Å². The minimum atomic E-state index is -0.899. The minimum Gasteiger partial charge on any atom is -0.480 e. The van der Waals surface area contributed by atoms with Crippen LogP contribution in [0.4, 0.5) is 5.82 Å². The maximum absolute atomic E-state index is 13.6. The van der Waals surface area contributed by atoms with Crippen LogP contribution in [0.2, 0.25) is 0 Å². The third-order valence-corrected chi connectivity index (χ3v) is 6.00. The van der Waals surface area contributed by atoms with Gasteiger partial charge in [-0.3, -0.25) is 4.79 Å². The van der Waals surface area contributed by atoms with Crippen LogP contribution in [-0.2, 0) is 4.79 Å². The average molecular weight is 367 g/mol. The fourth-order valence-corrected chi connectivity index (χ4v) is 4.68. The van der Waals surface area contributed by atoms with Crippen LogP contribution in [0.25, 0.3) is 10.9 Å². The Bertz CT molecular complexity index is 895. The average Bonchev–Trinajstić information content (AvgIpc) is 3.06. The molecule has 0 bridgehead atoms. The van der Waals surface area contributed by atoms with Crippen molar-refractivity contribution in [2.45, 2.75) is 44.2 Å². The van der Waals surface area contributed by atoms with Gasteiger partial charge in [0.15, 0.2) is 0 Å². The molecule has 142 valence electrons. The second-order valence-electron chi connectivity index (χ2n) is 7.85. The summed E-state index contributed by atoms with van der Waals surface area (Å²) in [7, 11) is 3.77. The largest absolute Gasteiger partial charge is 0.480 e. The summed E-state index contributed by atoms with van der Waals surface area (Å²) in [6.07, 6.45) is 4.65. The first-order chi connectivity index (χ1) is 13.0. The number of carboxylic acids is 1. The van der Waals surface area contributed by atoms with Crippen molar-refractivity contribution in [2.75, 3.05) is 19.0 Å². The molecular weight excluding hydrogens is 342 g/mol. The van der Waals surface area contributed by atoms with Gasteiger partial charge in [-0.15, -0.1) is 0 Å². The van der Waals surface area contributed by atoms with Crippen LogP contribution < -0.4 is 4.90 Å². The Hall–Kier alpha value is -2.63. The maximum atomic E-state index is 13.6. The highest BCUT2D eigenvalue weighted by atomic mass is 16.4. The number of carbonyl (C=O) groups excluding carboxylic acids is 1. The molecule has 3 atom stereocenters. The number of hydrogen-bond donors (Lipinski definition) is 1. The van der Waals surface area contributed by atoms with Gasteiger partial charge in [0.2, 0.25) is 0 Å². The van der Waals surface area contributed by atoms with E-state index in [1.165, 1.54) is 0 Å². The van der Waals surface area contributed by atoms with Gasteiger partial charge >= 0.3 is 5.97 Å². The molecule has 1 saturated heterocycles. The number of benzene rings is 1. The summed E-state index contributed by atoms with van der Waals surface area (Å²) in [5.74, 6) is -0.0871. The van der Waals surface area contributed by atoms with Gasteiger partial charge in [0.05, 0.1) is 11.1 Å². The highest BCUT2D eigenvalue weighted by Crippen LogP contribution is 2.41. The van der Waals surface area contributed by atoms with E-state index in [0.29, 0.717) is 23.7 Å². The van der Waals surface area contributed by atoms with E-state index in [1.54, 1.807) is 11.0 Å². The SMILES string of the molecule is CN(C)c1cc(C(=O)N2C(C(=O)O)CC3CCCCC32)c2ccccc2n1. The number of rotatable bonds is 3. The Kier molecular flexibility index (Phi) is 4.50. The number of fused-ring (bicyclic) bond motifs is 2. The molecule has 3 unspecified atom stereocenters. The van der Waals surface area contributed by atoms with Crippen molar-refractivity contribution in [1.29, 1.82) is 0 Å². The number of pyridine rings is 1. The first kappa shape index (κ1) is 17.8. The Morgan fingerprint density at radius 1 is 1.19 bits per heavy atom. The van der Waals surface area contributed by atoms with Crippen molar-refractivity contribution in [2.24, 2.45) is 5.92 Å². The second-order valence-corrected chi connectivity index (χ2v) is 7.85. The summed E-state index contributed by atoms with van der Waals surface area (Å²) in [5.41, 5.74) is 1.29. The van der Waals surface area contributed by atoms with Crippen LogP contribution in [0.1, 0.15) is 42.5 Å². The number of aromatic nitrogens is 1. The van der Waals surface area contributed by atoms with Crippen molar-refractivity contribution >= 4 is 28.6 Å². The number of nitrogens with zero attached hydrogens (tertiary/aromatic N) is 3. The minimum absolute atomic E-state index is 0.0297. The normalized spacial score (nSPS) is 24.7. The van der Waals surface area contributed by atoms with Crippen LogP contribution in [0.15, 0.2) is 30.3 Å². The van der Waals surface area contributed by atoms with Crippen LogP contribution in [0.5, 0.6) is 0 Å². The number of carbonyl (C=O) groups is 2. The van der Waals surface area contributed by atoms with Crippen LogP contribution in [0, 0.1) is 5.92 Å². The zero-order chi connectivity index (χ0) is 19.1. The van der Waals surface area contributed by atoms with Crippen molar-refractivity contribution in [3.8, 4) is 0 Å². The monoisotopic (exact) mass is 367 g/mol. The fourth-order valence-electron chi connectivity index (χ4n) is 4.68. The van der Waals surface area contributed by atoms with Gasteiger partial charge in [-0.2, -0.15) is 0 Å². The fraction of sp³-hybridized carbons (Fsp3) is 0.476. The van der Waals surface area contributed by atoms with E-state index in [4.69, 9.17) is 0 Å². The molecule has 1 N–H and O–H groups in total. The molecule has 6 nitrogen and oxygen atoms in total. The van der Waals surface area contributed by atoms with E-state index in [1.807, 2.05) is 43.3 Å². The summed E-state index contributed by atoms with van der Waals surface area (Å²) < 4.78 is 0. The van der Waals surface area contributed by atoms with Crippen molar-refractivity contribution < 1.29 is 14.7 Å². The lowest BCUT2D eigenvalue weighted by atomic mass is 9.84. The molecule has 2 heterocycles.